The van der Waals surface area contributed by atoms with Crippen LogP contribution in [0.25, 0.3) is 5.69 Å². The van der Waals surface area contributed by atoms with Crippen molar-refractivity contribution in [1.82, 2.24) is 25.4 Å². The van der Waals surface area contributed by atoms with Crippen molar-refractivity contribution in [3.05, 3.63) is 46.4 Å². The number of rotatable bonds is 8. The molecule has 0 bridgehead atoms. The SMILES string of the molecule is CCOC(=O)C1=C(COC(=O)CSc2nncn2-c2ccc(C)c(Cl)c2)NC(=O)N[C@@H]1C. The topological polar surface area (TPSA) is 124 Å². The lowest BCUT2D eigenvalue weighted by Gasteiger charge is -2.26. The number of nitrogens with zero attached hydrogens (tertiary/aromatic N) is 3. The van der Waals surface area contributed by atoms with Gasteiger partial charge in [0.05, 0.1) is 35.4 Å². The van der Waals surface area contributed by atoms with Gasteiger partial charge in [-0.15, -0.1) is 10.2 Å². The van der Waals surface area contributed by atoms with Crippen LogP contribution in [-0.4, -0.2) is 57.7 Å². The number of urea groups is 1. The first kappa shape index (κ1) is 23.6. The monoisotopic (exact) mass is 479 g/mol. The quantitative estimate of drug-likeness (QED) is 0.436. The molecule has 1 aliphatic heterocycles. The van der Waals surface area contributed by atoms with Crippen LogP contribution >= 0.6 is 23.4 Å². The average molecular weight is 480 g/mol. The van der Waals surface area contributed by atoms with E-state index in [0.717, 1.165) is 23.0 Å². The number of carbonyl (C=O) groups excluding carboxylic acids is 3. The van der Waals surface area contributed by atoms with Crippen molar-refractivity contribution >= 4 is 41.3 Å². The number of ether oxygens (including phenoxy) is 2. The van der Waals surface area contributed by atoms with Crippen LogP contribution in [0.2, 0.25) is 5.02 Å². The van der Waals surface area contributed by atoms with E-state index in [1.54, 1.807) is 24.5 Å². The summed E-state index contributed by atoms with van der Waals surface area (Å²) in [6.45, 7) is 5.13. The summed E-state index contributed by atoms with van der Waals surface area (Å²) in [5, 5.41) is 14.1. The molecule has 0 saturated heterocycles. The van der Waals surface area contributed by atoms with Gasteiger partial charge in [0.15, 0.2) is 5.16 Å². The van der Waals surface area contributed by atoms with Gasteiger partial charge < -0.3 is 20.1 Å². The standard InChI is InChI=1S/C20H22ClN5O5S/c1-4-30-18(28)17-12(3)23-19(29)24-15(17)8-31-16(27)9-32-20-25-22-10-26(20)13-6-5-11(2)14(21)7-13/h5-7,10,12H,4,8-9H2,1-3H3,(H2,23,24,29)/t12-/m1/s1. The van der Waals surface area contributed by atoms with Crippen molar-refractivity contribution in [2.75, 3.05) is 19.0 Å². The maximum absolute atomic E-state index is 12.3. The molecule has 1 aliphatic rings. The molecule has 2 amide bonds. The van der Waals surface area contributed by atoms with Crippen molar-refractivity contribution in [3.63, 3.8) is 0 Å². The van der Waals surface area contributed by atoms with Crippen molar-refractivity contribution < 1.29 is 23.9 Å². The van der Waals surface area contributed by atoms with E-state index in [1.165, 1.54) is 6.33 Å². The molecule has 1 atom stereocenters. The first-order valence-electron chi connectivity index (χ1n) is 9.72. The van der Waals surface area contributed by atoms with E-state index in [0.29, 0.717) is 10.2 Å². The molecule has 0 saturated carbocycles. The van der Waals surface area contributed by atoms with Crippen LogP contribution in [-0.2, 0) is 19.1 Å². The summed E-state index contributed by atoms with van der Waals surface area (Å²) in [4.78, 5) is 36.3. The number of nitrogens with one attached hydrogen (secondary N) is 2. The number of carbonyl (C=O) groups is 3. The summed E-state index contributed by atoms with van der Waals surface area (Å²) < 4.78 is 12.0. The second kappa shape index (κ2) is 10.5. The molecule has 2 N–H and O–H groups in total. The van der Waals surface area contributed by atoms with Crippen LogP contribution in [0.15, 0.2) is 41.0 Å². The van der Waals surface area contributed by atoms with Crippen molar-refractivity contribution in [3.8, 4) is 5.69 Å². The highest BCUT2D eigenvalue weighted by atomic mass is 35.5. The Morgan fingerprint density at radius 2 is 2.09 bits per heavy atom. The molecule has 2 heterocycles. The first-order valence-corrected chi connectivity index (χ1v) is 11.1. The number of hydrogen-bond donors (Lipinski definition) is 2. The molecule has 0 fully saturated rings. The lowest BCUT2D eigenvalue weighted by Crippen LogP contribution is -2.50. The molecular formula is C20H22ClN5O5S. The van der Waals surface area contributed by atoms with Gasteiger partial charge in [-0.3, -0.25) is 9.36 Å². The van der Waals surface area contributed by atoms with Crippen LogP contribution in [0.5, 0.6) is 0 Å². The molecule has 1 aromatic carbocycles. The van der Waals surface area contributed by atoms with Gasteiger partial charge in [-0.25, -0.2) is 9.59 Å². The maximum atomic E-state index is 12.3. The Labute approximate surface area is 193 Å². The fourth-order valence-corrected chi connectivity index (χ4v) is 3.84. The number of benzene rings is 1. The zero-order chi connectivity index (χ0) is 23.3. The number of esters is 2. The third kappa shape index (κ3) is 5.60. The first-order chi connectivity index (χ1) is 15.3. The van der Waals surface area contributed by atoms with Gasteiger partial charge >= 0.3 is 18.0 Å². The Bertz CT molecular complexity index is 1070. The normalized spacial score (nSPS) is 15.8. The summed E-state index contributed by atoms with van der Waals surface area (Å²) in [5.74, 6) is -1.19. The van der Waals surface area contributed by atoms with E-state index < -0.39 is 24.0 Å². The minimum absolute atomic E-state index is 0.0535. The van der Waals surface area contributed by atoms with E-state index in [9.17, 15) is 14.4 Å². The summed E-state index contributed by atoms with van der Waals surface area (Å²) in [5.41, 5.74) is 2.10. The third-order valence-corrected chi connectivity index (χ3v) is 5.84. The van der Waals surface area contributed by atoms with Gasteiger partial charge in [-0.1, -0.05) is 29.4 Å². The fraction of sp³-hybridized carbons (Fsp3) is 0.350. The van der Waals surface area contributed by atoms with Crippen molar-refractivity contribution in [2.45, 2.75) is 32.0 Å². The van der Waals surface area contributed by atoms with Gasteiger partial charge in [0.2, 0.25) is 0 Å². The molecule has 1 aromatic heterocycles. The van der Waals surface area contributed by atoms with Crippen LogP contribution < -0.4 is 10.6 Å². The molecule has 10 nitrogen and oxygen atoms in total. The predicted molar refractivity (Wildman–Crippen MR) is 118 cm³/mol. The number of halogens is 1. The second-order valence-corrected chi connectivity index (χ2v) is 8.15. The molecular weight excluding hydrogens is 458 g/mol. The molecule has 170 valence electrons. The second-order valence-electron chi connectivity index (χ2n) is 6.80. The van der Waals surface area contributed by atoms with Crippen molar-refractivity contribution in [1.29, 1.82) is 0 Å². The van der Waals surface area contributed by atoms with Crippen LogP contribution in [0.1, 0.15) is 19.4 Å². The Kier molecular flexibility index (Phi) is 7.75. The minimum Gasteiger partial charge on any atom is -0.463 e. The average Bonchev–Trinajstić information content (AvgIpc) is 3.21. The molecule has 0 radical (unpaired) electrons. The Balaban J connectivity index is 1.64. The van der Waals surface area contributed by atoms with Gasteiger partial charge in [0.25, 0.3) is 0 Å². The molecule has 0 aliphatic carbocycles. The Hall–Kier alpha value is -3.05. The number of thioether (sulfide) groups is 1. The fourth-order valence-electron chi connectivity index (χ4n) is 2.94. The largest absolute Gasteiger partial charge is 0.463 e. The summed E-state index contributed by atoms with van der Waals surface area (Å²) >= 11 is 7.33. The predicted octanol–water partition coefficient (Wildman–Crippen LogP) is 2.38. The number of aryl methyl sites for hydroxylation is 1. The molecule has 0 spiro atoms. The van der Waals surface area contributed by atoms with E-state index in [-0.39, 0.29) is 30.2 Å². The van der Waals surface area contributed by atoms with E-state index in [1.807, 2.05) is 19.1 Å². The summed E-state index contributed by atoms with van der Waals surface area (Å²) in [6, 6.07) is 4.47. The molecule has 32 heavy (non-hydrogen) atoms. The van der Waals surface area contributed by atoms with E-state index in [4.69, 9.17) is 21.1 Å². The Morgan fingerprint density at radius 3 is 2.81 bits per heavy atom. The minimum atomic E-state index is -0.585. The van der Waals surface area contributed by atoms with Gasteiger partial charge in [-0.2, -0.15) is 0 Å². The van der Waals surface area contributed by atoms with Gasteiger partial charge in [0, 0.05) is 5.02 Å². The number of aromatic nitrogens is 3. The van der Waals surface area contributed by atoms with Crippen LogP contribution in [0.3, 0.4) is 0 Å². The molecule has 0 unspecified atom stereocenters. The highest BCUT2D eigenvalue weighted by molar-refractivity contribution is 7.99. The highest BCUT2D eigenvalue weighted by Crippen LogP contribution is 2.24. The zero-order valence-electron chi connectivity index (χ0n) is 17.7. The molecule has 12 heteroatoms. The zero-order valence-corrected chi connectivity index (χ0v) is 19.2. The maximum Gasteiger partial charge on any atom is 0.338 e. The summed E-state index contributed by atoms with van der Waals surface area (Å²) in [7, 11) is 0. The number of amides is 2. The molecule has 3 rings (SSSR count). The third-order valence-electron chi connectivity index (χ3n) is 4.51. The lowest BCUT2D eigenvalue weighted by atomic mass is 10.0. The van der Waals surface area contributed by atoms with E-state index >= 15 is 0 Å². The molecule has 2 aromatic rings. The smallest absolute Gasteiger partial charge is 0.338 e. The van der Waals surface area contributed by atoms with Crippen LogP contribution in [0.4, 0.5) is 4.79 Å². The van der Waals surface area contributed by atoms with Crippen LogP contribution in [0, 0.1) is 6.92 Å². The van der Waals surface area contributed by atoms with Gasteiger partial charge in [0.1, 0.15) is 12.9 Å². The van der Waals surface area contributed by atoms with E-state index in [2.05, 4.69) is 20.8 Å². The van der Waals surface area contributed by atoms with Gasteiger partial charge in [-0.05, 0) is 38.5 Å². The Morgan fingerprint density at radius 1 is 1.31 bits per heavy atom. The van der Waals surface area contributed by atoms with Crippen molar-refractivity contribution in [2.24, 2.45) is 0 Å². The lowest BCUT2D eigenvalue weighted by molar-refractivity contribution is -0.141. The summed E-state index contributed by atoms with van der Waals surface area (Å²) in [6.07, 6.45) is 1.52. The number of hydrogen-bond acceptors (Lipinski definition) is 8. The highest BCUT2D eigenvalue weighted by Gasteiger charge is 2.30.